The van der Waals surface area contributed by atoms with Crippen LogP contribution in [0.3, 0.4) is 0 Å². The molecule has 1 N–H and O–H groups in total. The van der Waals surface area contributed by atoms with Gasteiger partial charge in [-0.3, -0.25) is 0 Å². The number of nitrogens with zero attached hydrogens (tertiary/aromatic N) is 1. The van der Waals surface area contributed by atoms with E-state index >= 15 is 0 Å². The monoisotopic (exact) mass is 191 g/mol. The first-order valence-corrected chi connectivity index (χ1v) is 3.95. The van der Waals surface area contributed by atoms with Crippen molar-refractivity contribution in [3.8, 4) is 23.7 Å². The first-order chi connectivity index (χ1) is 6.22. The van der Waals surface area contributed by atoms with E-state index in [1.807, 2.05) is 6.07 Å². The lowest BCUT2D eigenvalue weighted by Gasteiger charge is -1.94. The van der Waals surface area contributed by atoms with Gasteiger partial charge in [-0.05, 0) is 18.2 Å². The van der Waals surface area contributed by atoms with Crippen molar-refractivity contribution in [2.75, 3.05) is 0 Å². The maximum atomic E-state index is 9.13. The highest BCUT2D eigenvalue weighted by Gasteiger charge is 1.94. The van der Waals surface area contributed by atoms with Gasteiger partial charge in [-0.15, -0.1) is 0 Å². The second-order valence-electron chi connectivity index (χ2n) is 2.33. The first-order valence-electron chi connectivity index (χ1n) is 3.58. The molecule has 0 aliphatic carbocycles. The predicted molar refractivity (Wildman–Crippen MR) is 50.2 cm³/mol. The Hall–Kier alpha value is -1.64. The average molecular weight is 192 g/mol. The van der Waals surface area contributed by atoms with Gasteiger partial charge in [0, 0.05) is 10.6 Å². The molecule has 1 rings (SSSR count). The van der Waals surface area contributed by atoms with E-state index in [2.05, 4.69) is 11.8 Å². The quantitative estimate of drug-likeness (QED) is 0.640. The van der Waals surface area contributed by atoms with Crippen molar-refractivity contribution in [3.63, 3.8) is 0 Å². The van der Waals surface area contributed by atoms with Crippen LogP contribution in [0.15, 0.2) is 18.2 Å². The third-order valence-corrected chi connectivity index (χ3v) is 1.50. The zero-order valence-electron chi connectivity index (χ0n) is 6.71. The van der Waals surface area contributed by atoms with Gasteiger partial charge in [0.25, 0.3) is 0 Å². The second-order valence-corrected chi connectivity index (χ2v) is 2.77. The maximum absolute atomic E-state index is 9.13. The van der Waals surface area contributed by atoms with Gasteiger partial charge < -0.3 is 5.11 Å². The van der Waals surface area contributed by atoms with E-state index in [0.717, 1.165) is 0 Å². The second kappa shape index (κ2) is 4.40. The number of halogens is 1. The highest BCUT2D eigenvalue weighted by Crippen LogP contribution is 2.18. The zero-order chi connectivity index (χ0) is 9.68. The Morgan fingerprint density at radius 2 is 2.15 bits per heavy atom. The van der Waals surface area contributed by atoms with Gasteiger partial charge in [0.05, 0.1) is 12.5 Å². The summed E-state index contributed by atoms with van der Waals surface area (Å²) in [6, 6.07) is 6.45. The van der Waals surface area contributed by atoms with Gasteiger partial charge in [0.1, 0.15) is 5.75 Å². The third-order valence-electron chi connectivity index (χ3n) is 1.28. The summed E-state index contributed by atoms with van der Waals surface area (Å²) in [6.45, 7) is 0. The molecule has 3 heteroatoms. The highest BCUT2D eigenvalue weighted by atomic mass is 35.5. The molecule has 0 bridgehead atoms. The Labute approximate surface area is 81.4 Å². The Balaban J connectivity index is 2.92. The van der Waals surface area contributed by atoms with E-state index in [-0.39, 0.29) is 12.2 Å². The van der Waals surface area contributed by atoms with E-state index < -0.39 is 0 Å². The Kier molecular flexibility index (Phi) is 3.20. The van der Waals surface area contributed by atoms with Gasteiger partial charge in [0.2, 0.25) is 0 Å². The number of benzene rings is 1. The van der Waals surface area contributed by atoms with Crippen molar-refractivity contribution in [1.82, 2.24) is 0 Å². The van der Waals surface area contributed by atoms with Gasteiger partial charge in [-0.1, -0.05) is 23.4 Å². The van der Waals surface area contributed by atoms with Crippen molar-refractivity contribution in [2.24, 2.45) is 0 Å². The van der Waals surface area contributed by atoms with Crippen LogP contribution in [0.25, 0.3) is 0 Å². The molecule has 0 heterocycles. The largest absolute Gasteiger partial charge is 0.508 e. The molecule has 0 saturated heterocycles. The normalized spacial score (nSPS) is 8.31. The molecular weight excluding hydrogens is 186 g/mol. The van der Waals surface area contributed by atoms with Crippen molar-refractivity contribution < 1.29 is 5.11 Å². The minimum absolute atomic E-state index is 0.0776. The molecule has 0 amide bonds. The van der Waals surface area contributed by atoms with Gasteiger partial charge in [-0.25, -0.2) is 0 Å². The number of aromatic hydroxyl groups is 1. The summed E-state index contributed by atoms with van der Waals surface area (Å²) in [4.78, 5) is 0. The molecule has 2 nitrogen and oxygen atoms in total. The fourth-order valence-corrected chi connectivity index (χ4v) is 1.06. The average Bonchev–Trinajstić information content (AvgIpc) is 2.03. The Bertz CT molecular complexity index is 389. The van der Waals surface area contributed by atoms with E-state index in [4.69, 9.17) is 22.0 Å². The van der Waals surface area contributed by atoms with Crippen molar-refractivity contribution in [1.29, 1.82) is 5.26 Å². The minimum atomic E-state index is 0.0776. The van der Waals surface area contributed by atoms with E-state index in [1.54, 1.807) is 6.07 Å². The van der Waals surface area contributed by atoms with Crippen LogP contribution < -0.4 is 0 Å². The van der Waals surface area contributed by atoms with Gasteiger partial charge >= 0.3 is 0 Å². The summed E-state index contributed by atoms with van der Waals surface area (Å²) in [5.41, 5.74) is 0.611. The van der Waals surface area contributed by atoms with E-state index in [9.17, 15) is 0 Å². The van der Waals surface area contributed by atoms with E-state index in [0.29, 0.717) is 10.6 Å². The summed E-state index contributed by atoms with van der Waals surface area (Å²) in [6.07, 6.45) is 0.174. The van der Waals surface area contributed by atoms with Gasteiger partial charge in [-0.2, -0.15) is 5.26 Å². The molecule has 0 atom stereocenters. The zero-order valence-corrected chi connectivity index (χ0v) is 7.47. The molecule has 0 unspecified atom stereocenters. The van der Waals surface area contributed by atoms with Crippen LogP contribution in [0.2, 0.25) is 5.02 Å². The number of rotatable bonds is 0. The van der Waals surface area contributed by atoms with Crippen LogP contribution in [-0.4, -0.2) is 5.11 Å². The van der Waals surface area contributed by atoms with Crippen LogP contribution in [0.4, 0.5) is 0 Å². The summed E-state index contributed by atoms with van der Waals surface area (Å²) >= 11 is 5.67. The van der Waals surface area contributed by atoms with Crippen LogP contribution in [-0.2, 0) is 0 Å². The summed E-state index contributed by atoms with van der Waals surface area (Å²) in [5.74, 6) is 5.41. The standard InChI is InChI=1S/C10H6ClNO/c11-9-5-8(3-1-2-4-12)6-10(13)7-9/h5-7,13H,2H2. The molecule has 0 saturated carbocycles. The fourth-order valence-electron chi connectivity index (χ4n) is 0.832. The molecule has 0 aliphatic heterocycles. The van der Waals surface area contributed by atoms with Gasteiger partial charge in [0.15, 0.2) is 0 Å². The number of hydrogen-bond acceptors (Lipinski definition) is 2. The minimum Gasteiger partial charge on any atom is -0.508 e. The molecule has 1 aromatic rings. The van der Waals surface area contributed by atoms with Crippen molar-refractivity contribution in [3.05, 3.63) is 28.8 Å². The number of nitriles is 1. The van der Waals surface area contributed by atoms with E-state index in [1.165, 1.54) is 12.1 Å². The summed E-state index contributed by atoms with van der Waals surface area (Å²) in [5, 5.41) is 17.8. The van der Waals surface area contributed by atoms with Crippen LogP contribution in [0.1, 0.15) is 12.0 Å². The molecule has 0 radical (unpaired) electrons. The smallest absolute Gasteiger partial charge is 0.118 e. The summed E-state index contributed by atoms with van der Waals surface area (Å²) in [7, 11) is 0. The molecule has 64 valence electrons. The molecule has 1 aromatic carbocycles. The molecule has 0 spiro atoms. The topological polar surface area (TPSA) is 44.0 Å². The molecule has 0 fully saturated rings. The van der Waals surface area contributed by atoms with Crippen LogP contribution in [0, 0.1) is 23.2 Å². The number of phenols is 1. The fraction of sp³-hybridized carbons (Fsp3) is 0.100. The highest BCUT2D eigenvalue weighted by molar-refractivity contribution is 6.30. The van der Waals surface area contributed by atoms with Crippen LogP contribution >= 0.6 is 11.6 Å². The number of phenolic OH excluding ortho intramolecular Hbond substituents is 1. The van der Waals surface area contributed by atoms with Crippen molar-refractivity contribution in [2.45, 2.75) is 6.42 Å². The molecule has 0 aliphatic rings. The van der Waals surface area contributed by atoms with Crippen molar-refractivity contribution >= 4 is 11.6 Å². The SMILES string of the molecule is N#CCC#Cc1cc(O)cc(Cl)c1. The predicted octanol–water partition coefficient (Wildman–Crippen LogP) is 2.31. The third kappa shape index (κ3) is 3.07. The lowest BCUT2D eigenvalue weighted by molar-refractivity contribution is 0.475. The number of hydrogen-bond donors (Lipinski definition) is 1. The lowest BCUT2D eigenvalue weighted by atomic mass is 10.2. The lowest BCUT2D eigenvalue weighted by Crippen LogP contribution is -1.74. The first kappa shape index (κ1) is 9.45. The Morgan fingerprint density at radius 1 is 1.38 bits per heavy atom. The molecule has 13 heavy (non-hydrogen) atoms. The Morgan fingerprint density at radius 3 is 2.77 bits per heavy atom. The molecular formula is C10H6ClNO. The van der Waals surface area contributed by atoms with Crippen LogP contribution in [0.5, 0.6) is 5.75 Å². The molecule has 0 aromatic heterocycles. The summed E-state index contributed by atoms with van der Waals surface area (Å²) < 4.78 is 0. The maximum Gasteiger partial charge on any atom is 0.118 e.